The number of halogens is 1. The molecular formula is C15H15ClN2O2. The fourth-order valence-electron chi connectivity index (χ4n) is 1.84. The van der Waals surface area contributed by atoms with Gasteiger partial charge in [0, 0.05) is 22.9 Å². The van der Waals surface area contributed by atoms with Gasteiger partial charge in [-0.1, -0.05) is 29.8 Å². The van der Waals surface area contributed by atoms with Gasteiger partial charge in [0.25, 0.3) is 0 Å². The average molecular weight is 291 g/mol. The molecule has 104 valence electrons. The summed E-state index contributed by atoms with van der Waals surface area (Å²) in [7, 11) is 1.34. The Morgan fingerprint density at radius 3 is 2.75 bits per heavy atom. The predicted octanol–water partition coefficient (Wildman–Crippen LogP) is 3.32. The molecular weight excluding hydrogens is 276 g/mol. The highest BCUT2D eigenvalue weighted by Gasteiger charge is 2.12. The fraction of sp³-hybridized carbons (Fsp3) is 0.133. The molecule has 0 aliphatic rings. The molecule has 2 aromatic carbocycles. The van der Waals surface area contributed by atoms with E-state index in [9.17, 15) is 4.79 Å². The van der Waals surface area contributed by atoms with E-state index < -0.39 is 5.97 Å². The third-order valence-electron chi connectivity index (χ3n) is 2.91. The number of ether oxygens (including phenoxy) is 1. The molecule has 0 unspecified atom stereocenters. The Kier molecular flexibility index (Phi) is 4.48. The van der Waals surface area contributed by atoms with E-state index in [-0.39, 0.29) is 0 Å². The molecule has 20 heavy (non-hydrogen) atoms. The molecule has 0 spiro atoms. The quantitative estimate of drug-likeness (QED) is 0.670. The Morgan fingerprint density at radius 1 is 1.30 bits per heavy atom. The van der Waals surface area contributed by atoms with Gasteiger partial charge in [-0.15, -0.1) is 0 Å². The summed E-state index contributed by atoms with van der Waals surface area (Å²) in [6.07, 6.45) is 0. The summed E-state index contributed by atoms with van der Waals surface area (Å²) in [6, 6.07) is 12.6. The van der Waals surface area contributed by atoms with Crippen molar-refractivity contribution in [3.8, 4) is 0 Å². The summed E-state index contributed by atoms with van der Waals surface area (Å²) in [5.74, 6) is -0.434. The van der Waals surface area contributed by atoms with Crippen LogP contribution in [0, 0.1) is 0 Å². The maximum Gasteiger partial charge on any atom is 0.340 e. The van der Waals surface area contributed by atoms with Gasteiger partial charge in [0.1, 0.15) is 0 Å². The Labute approximate surface area is 122 Å². The standard InChI is InChI=1S/C15H15ClN2O2/c1-20-15(19)12-8-11(16)6-7-14(12)18-9-10-4-2-3-5-13(10)17/h2-8,18H,9,17H2,1H3. The first kappa shape index (κ1) is 14.2. The van der Waals surface area contributed by atoms with E-state index in [1.54, 1.807) is 18.2 Å². The topological polar surface area (TPSA) is 64.3 Å². The maximum absolute atomic E-state index is 11.7. The van der Waals surface area contributed by atoms with Crippen LogP contribution in [-0.2, 0) is 11.3 Å². The first-order valence-corrected chi connectivity index (χ1v) is 6.44. The molecule has 0 fully saturated rings. The van der Waals surface area contributed by atoms with Gasteiger partial charge in [-0.05, 0) is 29.8 Å². The number of carbonyl (C=O) groups is 1. The van der Waals surface area contributed by atoms with Crippen molar-refractivity contribution in [2.75, 3.05) is 18.2 Å². The first-order valence-electron chi connectivity index (χ1n) is 6.07. The molecule has 0 radical (unpaired) electrons. The molecule has 2 aromatic rings. The number of methoxy groups -OCH3 is 1. The minimum Gasteiger partial charge on any atom is -0.465 e. The van der Waals surface area contributed by atoms with Crippen molar-refractivity contribution in [1.82, 2.24) is 0 Å². The van der Waals surface area contributed by atoms with Crippen LogP contribution in [0.2, 0.25) is 5.02 Å². The normalized spacial score (nSPS) is 10.1. The van der Waals surface area contributed by atoms with Crippen LogP contribution in [0.15, 0.2) is 42.5 Å². The second-order valence-electron chi connectivity index (χ2n) is 4.23. The van der Waals surface area contributed by atoms with Crippen molar-refractivity contribution in [3.05, 3.63) is 58.6 Å². The first-order chi connectivity index (χ1) is 9.61. The molecule has 3 N–H and O–H groups in total. The highest BCUT2D eigenvalue weighted by Crippen LogP contribution is 2.23. The number of hydrogen-bond acceptors (Lipinski definition) is 4. The summed E-state index contributed by atoms with van der Waals surface area (Å²) in [5.41, 5.74) is 8.59. The molecule has 0 atom stereocenters. The number of rotatable bonds is 4. The van der Waals surface area contributed by atoms with Crippen LogP contribution >= 0.6 is 11.6 Å². The predicted molar refractivity (Wildman–Crippen MR) is 81.0 cm³/mol. The van der Waals surface area contributed by atoms with E-state index >= 15 is 0 Å². The Balaban J connectivity index is 2.21. The van der Waals surface area contributed by atoms with Gasteiger partial charge in [0.15, 0.2) is 0 Å². The van der Waals surface area contributed by atoms with Crippen LogP contribution in [0.25, 0.3) is 0 Å². The Morgan fingerprint density at radius 2 is 2.05 bits per heavy atom. The minimum atomic E-state index is -0.434. The van der Waals surface area contributed by atoms with Crippen molar-refractivity contribution >= 4 is 28.9 Å². The van der Waals surface area contributed by atoms with Crippen molar-refractivity contribution < 1.29 is 9.53 Å². The number of hydrogen-bond donors (Lipinski definition) is 2. The molecule has 0 aliphatic heterocycles. The molecule has 0 amide bonds. The summed E-state index contributed by atoms with van der Waals surface area (Å²) in [4.78, 5) is 11.7. The number of esters is 1. The fourth-order valence-corrected chi connectivity index (χ4v) is 2.01. The Hall–Kier alpha value is -2.20. The van der Waals surface area contributed by atoms with E-state index in [2.05, 4.69) is 5.32 Å². The summed E-state index contributed by atoms with van der Waals surface area (Å²) in [5, 5.41) is 3.65. The molecule has 5 heteroatoms. The van der Waals surface area contributed by atoms with E-state index in [0.29, 0.717) is 28.5 Å². The molecule has 2 rings (SSSR count). The number of benzene rings is 2. The lowest BCUT2D eigenvalue weighted by molar-refractivity contribution is 0.0602. The molecule has 0 bridgehead atoms. The minimum absolute atomic E-state index is 0.398. The van der Waals surface area contributed by atoms with Gasteiger partial charge in [-0.25, -0.2) is 4.79 Å². The zero-order chi connectivity index (χ0) is 14.5. The van der Waals surface area contributed by atoms with Crippen LogP contribution < -0.4 is 11.1 Å². The average Bonchev–Trinajstić information content (AvgIpc) is 2.46. The van der Waals surface area contributed by atoms with E-state index in [1.807, 2.05) is 24.3 Å². The van der Waals surface area contributed by atoms with Gasteiger partial charge in [-0.3, -0.25) is 0 Å². The summed E-state index contributed by atoms with van der Waals surface area (Å²) >= 11 is 5.90. The summed E-state index contributed by atoms with van der Waals surface area (Å²) in [6.45, 7) is 0.512. The second kappa shape index (κ2) is 6.30. The third kappa shape index (κ3) is 3.22. The lowest BCUT2D eigenvalue weighted by atomic mass is 10.1. The van der Waals surface area contributed by atoms with Crippen LogP contribution in [0.4, 0.5) is 11.4 Å². The van der Waals surface area contributed by atoms with Crippen molar-refractivity contribution in [3.63, 3.8) is 0 Å². The van der Waals surface area contributed by atoms with Gasteiger partial charge < -0.3 is 15.8 Å². The highest BCUT2D eigenvalue weighted by atomic mass is 35.5. The second-order valence-corrected chi connectivity index (χ2v) is 4.67. The van der Waals surface area contributed by atoms with Crippen molar-refractivity contribution in [1.29, 1.82) is 0 Å². The van der Waals surface area contributed by atoms with Gasteiger partial charge in [0.2, 0.25) is 0 Å². The third-order valence-corrected chi connectivity index (χ3v) is 3.15. The monoisotopic (exact) mass is 290 g/mol. The molecule has 0 aliphatic carbocycles. The number of nitrogens with two attached hydrogens (primary N) is 1. The largest absolute Gasteiger partial charge is 0.465 e. The van der Waals surface area contributed by atoms with Gasteiger partial charge in [0.05, 0.1) is 12.7 Å². The molecule has 0 saturated carbocycles. The maximum atomic E-state index is 11.7. The van der Waals surface area contributed by atoms with Crippen LogP contribution in [0.3, 0.4) is 0 Å². The highest BCUT2D eigenvalue weighted by molar-refractivity contribution is 6.31. The number of nitrogen functional groups attached to an aromatic ring is 1. The smallest absolute Gasteiger partial charge is 0.340 e. The number of nitrogens with one attached hydrogen (secondary N) is 1. The van der Waals surface area contributed by atoms with Crippen LogP contribution in [-0.4, -0.2) is 13.1 Å². The van der Waals surface area contributed by atoms with Crippen LogP contribution in [0.1, 0.15) is 15.9 Å². The zero-order valence-corrected chi connectivity index (χ0v) is 11.8. The number of carbonyl (C=O) groups excluding carboxylic acids is 1. The lowest BCUT2D eigenvalue weighted by Crippen LogP contribution is -2.09. The lowest BCUT2D eigenvalue weighted by Gasteiger charge is -2.12. The van der Waals surface area contributed by atoms with Gasteiger partial charge >= 0.3 is 5.97 Å². The SMILES string of the molecule is COC(=O)c1cc(Cl)ccc1NCc1ccccc1N. The molecule has 0 aromatic heterocycles. The van der Waals surface area contributed by atoms with E-state index in [0.717, 1.165) is 5.56 Å². The number of para-hydroxylation sites is 1. The Bertz CT molecular complexity index is 629. The molecule has 4 nitrogen and oxygen atoms in total. The zero-order valence-electron chi connectivity index (χ0n) is 11.0. The van der Waals surface area contributed by atoms with E-state index in [1.165, 1.54) is 7.11 Å². The van der Waals surface area contributed by atoms with Crippen molar-refractivity contribution in [2.24, 2.45) is 0 Å². The van der Waals surface area contributed by atoms with Crippen LogP contribution in [0.5, 0.6) is 0 Å². The molecule has 0 saturated heterocycles. The number of anilines is 2. The van der Waals surface area contributed by atoms with E-state index in [4.69, 9.17) is 22.1 Å². The van der Waals surface area contributed by atoms with Crippen molar-refractivity contribution in [2.45, 2.75) is 6.54 Å². The summed E-state index contributed by atoms with van der Waals surface area (Å²) < 4.78 is 4.75. The van der Waals surface area contributed by atoms with Gasteiger partial charge in [-0.2, -0.15) is 0 Å². The molecule has 0 heterocycles.